The number of carbonyl (C=O) groups is 3. The number of benzene rings is 1. The average Bonchev–Trinajstić information content (AvgIpc) is 2.47. The van der Waals surface area contributed by atoms with Gasteiger partial charge in [-0.2, -0.15) is 0 Å². The normalized spacial score (nSPS) is 9.85. The standard InChI is InChI=1S/C15H12N2O3/c1-10(18)17-12-7-5-11(6-8-12)14(19)15(20)13-4-2-3-9-16-13/h2-9H,1H3,(H,17,18). The van der Waals surface area contributed by atoms with Crippen molar-refractivity contribution in [3.63, 3.8) is 0 Å². The summed E-state index contributed by atoms with van der Waals surface area (Å²) >= 11 is 0. The molecular weight excluding hydrogens is 256 g/mol. The van der Waals surface area contributed by atoms with Crippen LogP contribution < -0.4 is 5.32 Å². The topological polar surface area (TPSA) is 76.1 Å². The van der Waals surface area contributed by atoms with Crippen LogP contribution in [0.5, 0.6) is 0 Å². The summed E-state index contributed by atoms with van der Waals surface area (Å²) in [6.07, 6.45) is 1.46. The van der Waals surface area contributed by atoms with Crippen molar-refractivity contribution in [1.29, 1.82) is 0 Å². The average molecular weight is 268 g/mol. The fourth-order valence-corrected chi connectivity index (χ4v) is 1.65. The summed E-state index contributed by atoms with van der Waals surface area (Å²) in [6.45, 7) is 1.39. The third-order valence-electron chi connectivity index (χ3n) is 2.57. The molecule has 1 amide bonds. The van der Waals surface area contributed by atoms with Crippen LogP contribution in [0.4, 0.5) is 5.69 Å². The number of rotatable bonds is 4. The lowest BCUT2D eigenvalue weighted by atomic mass is 10.0. The summed E-state index contributed by atoms with van der Waals surface area (Å²) in [7, 11) is 0. The lowest BCUT2D eigenvalue weighted by Crippen LogP contribution is -2.15. The number of carbonyl (C=O) groups excluding carboxylic acids is 3. The van der Waals surface area contributed by atoms with Gasteiger partial charge in [-0.15, -0.1) is 0 Å². The van der Waals surface area contributed by atoms with E-state index in [-0.39, 0.29) is 17.2 Å². The minimum atomic E-state index is -0.655. The van der Waals surface area contributed by atoms with Crippen LogP contribution in [0, 0.1) is 0 Å². The van der Waals surface area contributed by atoms with Gasteiger partial charge in [-0.1, -0.05) is 6.07 Å². The number of aromatic nitrogens is 1. The second-order valence-corrected chi connectivity index (χ2v) is 4.13. The number of Topliss-reactive ketones (excluding diaryl/α,β-unsaturated/α-hetero) is 2. The first-order chi connectivity index (χ1) is 9.58. The molecule has 2 rings (SSSR count). The Hall–Kier alpha value is -2.82. The fourth-order valence-electron chi connectivity index (χ4n) is 1.65. The van der Waals surface area contributed by atoms with Crippen molar-refractivity contribution in [3.05, 3.63) is 59.9 Å². The maximum atomic E-state index is 12.0. The Morgan fingerprint density at radius 2 is 1.65 bits per heavy atom. The molecule has 1 aromatic heterocycles. The van der Waals surface area contributed by atoms with Crippen molar-refractivity contribution in [1.82, 2.24) is 4.98 Å². The Morgan fingerprint density at radius 1 is 0.950 bits per heavy atom. The SMILES string of the molecule is CC(=O)Nc1ccc(C(=O)C(=O)c2ccccn2)cc1. The molecule has 1 N–H and O–H groups in total. The van der Waals surface area contributed by atoms with Gasteiger partial charge in [-0.05, 0) is 36.4 Å². The molecule has 0 atom stereocenters. The van der Waals surface area contributed by atoms with Crippen LogP contribution >= 0.6 is 0 Å². The molecule has 1 aromatic carbocycles. The van der Waals surface area contributed by atoms with E-state index in [1.807, 2.05) is 0 Å². The highest BCUT2D eigenvalue weighted by Crippen LogP contribution is 2.11. The molecule has 100 valence electrons. The molecule has 0 bridgehead atoms. The van der Waals surface area contributed by atoms with Gasteiger partial charge in [-0.3, -0.25) is 19.4 Å². The number of anilines is 1. The van der Waals surface area contributed by atoms with Crippen molar-refractivity contribution in [3.8, 4) is 0 Å². The van der Waals surface area contributed by atoms with Crippen molar-refractivity contribution >= 4 is 23.2 Å². The van der Waals surface area contributed by atoms with E-state index in [0.29, 0.717) is 5.69 Å². The lowest BCUT2D eigenvalue weighted by molar-refractivity contribution is -0.114. The maximum absolute atomic E-state index is 12.0. The van der Waals surface area contributed by atoms with Gasteiger partial charge in [0.1, 0.15) is 5.69 Å². The van der Waals surface area contributed by atoms with Gasteiger partial charge in [0.15, 0.2) is 0 Å². The van der Waals surface area contributed by atoms with E-state index in [1.165, 1.54) is 31.3 Å². The van der Waals surface area contributed by atoms with E-state index in [1.54, 1.807) is 24.3 Å². The first-order valence-corrected chi connectivity index (χ1v) is 5.95. The minimum absolute atomic E-state index is 0.114. The molecule has 5 nitrogen and oxygen atoms in total. The molecule has 0 unspecified atom stereocenters. The monoisotopic (exact) mass is 268 g/mol. The van der Waals surface area contributed by atoms with Gasteiger partial charge in [0.05, 0.1) is 0 Å². The molecule has 0 spiro atoms. The van der Waals surface area contributed by atoms with E-state index in [2.05, 4.69) is 10.3 Å². The van der Waals surface area contributed by atoms with E-state index >= 15 is 0 Å². The molecule has 0 radical (unpaired) electrons. The van der Waals surface area contributed by atoms with Crippen molar-refractivity contribution in [2.75, 3.05) is 5.32 Å². The molecule has 0 saturated carbocycles. The first kappa shape index (κ1) is 13.6. The predicted octanol–water partition coefficient (Wildman–Crippen LogP) is 2.11. The Morgan fingerprint density at radius 3 is 2.20 bits per heavy atom. The molecule has 5 heteroatoms. The number of nitrogens with one attached hydrogen (secondary N) is 1. The summed E-state index contributed by atoms with van der Waals surface area (Å²) < 4.78 is 0. The zero-order chi connectivity index (χ0) is 14.5. The van der Waals surface area contributed by atoms with Crippen molar-refractivity contribution < 1.29 is 14.4 Å². The van der Waals surface area contributed by atoms with Gasteiger partial charge in [0.25, 0.3) is 5.78 Å². The van der Waals surface area contributed by atoms with Gasteiger partial charge >= 0.3 is 0 Å². The molecule has 0 aliphatic carbocycles. The number of amides is 1. The first-order valence-electron chi connectivity index (χ1n) is 5.95. The van der Waals surface area contributed by atoms with E-state index in [0.717, 1.165) is 0 Å². The minimum Gasteiger partial charge on any atom is -0.326 e. The van der Waals surface area contributed by atoms with Crippen LogP contribution in [0.15, 0.2) is 48.7 Å². The quantitative estimate of drug-likeness (QED) is 0.680. The smallest absolute Gasteiger partial charge is 0.251 e. The van der Waals surface area contributed by atoms with Crippen molar-refractivity contribution in [2.45, 2.75) is 6.92 Å². The van der Waals surface area contributed by atoms with E-state index < -0.39 is 11.6 Å². The second-order valence-electron chi connectivity index (χ2n) is 4.13. The Labute approximate surface area is 115 Å². The summed E-state index contributed by atoms with van der Waals surface area (Å²) in [5.74, 6) is -1.48. The highest BCUT2D eigenvalue weighted by molar-refractivity contribution is 6.48. The molecule has 1 heterocycles. The van der Waals surface area contributed by atoms with Gasteiger partial charge in [0, 0.05) is 24.4 Å². The van der Waals surface area contributed by atoms with E-state index in [9.17, 15) is 14.4 Å². The van der Waals surface area contributed by atoms with Crippen LogP contribution in [0.1, 0.15) is 27.8 Å². The molecule has 0 aliphatic heterocycles. The van der Waals surface area contributed by atoms with Crippen LogP contribution in [0.3, 0.4) is 0 Å². The van der Waals surface area contributed by atoms with Crippen LogP contribution in [-0.4, -0.2) is 22.5 Å². The van der Waals surface area contributed by atoms with Gasteiger partial charge in [-0.25, -0.2) is 0 Å². The molecule has 20 heavy (non-hydrogen) atoms. The van der Waals surface area contributed by atoms with Gasteiger partial charge < -0.3 is 5.32 Å². The Bertz CT molecular complexity index is 649. The number of ketones is 2. The van der Waals surface area contributed by atoms with Crippen LogP contribution in [0.2, 0.25) is 0 Å². The van der Waals surface area contributed by atoms with Crippen molar-refractivity contribution in [2.24, 2.45) is 0 Å². The predicted molar refractivity (Wildman–Crippen MR) is 73.6 cm³/mol. The summed E-state index contributed by atoms with van der Waals surface area (Å²) in [5.41, 5.74) is 0.942. The van der Waals surface area contributed by atoms with Gasteiger partial charge in [0.2, 0.25) is 11.7 Å². The number of hydrogen-bond acceptors (Lipinski definition) is 4. The largest absolute Gasteiger partial charge is 0.326 e. The number of nitrogens with zero attached hydrogens (tertiary/aromatic N) is 1. The Balaban J connectivity index is 2.17. The molecule has 0 fully saturated rings. The van der Waals surface area contributed by atoms with E-state index in [4.69, 9.17) is 0 Å². The molecular formula is C15H12N2O3. The molecule has 0 aliphatic rings. The summed E-state index contributed by atoms with van der Waals surface area (Å²) in [5, 5.41) is 2.58. The highest BCUT2D eigenvalue weighted by Gasteiger charge is 2.18. The molecule has 2 aromatic rings. The summed E-state index contributed by atoms with van der Waals surface area (Å²) in [6, 6.07) is 10.9. The highest BCUT2D eigenvalue weighted by atomic mass is 16.2. The zero-order valence-electron chi connectivity index (χ0n) is 10.8. The third kappa shape index (κ3) is 3.14. The maximum Gasteiger partial charge on any atom is 0.251 e. The third-order valence-corrected chi connectivity index (χ3v) is 2.57. The lowest BCUT2D eigenvalue weighted by Gasteiger charge is -2.03. The summed E-state index contributed by atoms with van der Waals surface area (Å²) in [4.78, 5) is 38.7. The van der Waals surface area contributed by atoms with Crippen LogP contribution in [-0.2, 0) is 4.79 Å². The second kappa shape index (κ2) is 5.88. The zero-order valence-corrected chi connectivity index (χ0v) is 10.8. The number of pyridine rings is 1. The van der Waals surface area contributed by atoms with Crippen LogP contribution in [0.25, 0.3) is 0 Å². The Kier molecular flexibility index (Phi) is 4.00. The molecule has 0 saturated heterocycles. The number of hydrogen-bond donors (Lipinski definition) is 1. The fraction of sp³-hybridized carbons (Fsp3) is 0.0667.